The van der Waals surface area contributed by atoms with Crippen LogP contribution in [0.4, 0.5) is 5.69 Å². The van der Waals surface area contributed by atoms with Crippen molar-refractivity contribution in [2.75, 3.05) is 6.61 Å². The zero-order chi connectivity index (χ0) is 14.3. The van der Waals surface area contributed by atoms with Gasteiger partial charge in [-0.1, -0.05) is 11.8 Å². The van der Waals surface area contributed by atoms with Gasteiger partial charge in [-0.2, -0.15) is 0 Å². The molecule has 0 aliphatic rings. The van der Waals surface area contributed by atoms with Gasteiger partial charge in [-0.15, -0.1) is 0 Å². The zero-order valence-electron chi connectivity index (χ0n) is 10.2. The summed E-state index contributed by atoms with van der Waals surface area (Å²) in [5, 5.41) is 10.9. The second kappa shape index (κ2) is 6.91. The number of ether oxygens (including phenoxy) is 1. The lowest BCUT2D eigenvalue weighted by atomic mass is 10.1. The number of carbonyl (C=O) groups excluding carboxylic acids is 2. The van der Waals surface area contributed by atoms with Crippen molar-refractivity contribution in [2.45, 2.75) is 13.3 Å². The predicted octanol–water partition coefficient (Wildman–Crippen LogP) is 1.71. The molecule has 6 heteroatoms. The molecule has 0 bridgehead atoms. The van der Waals surface area contributed by atoms with Gasteiger partial charge in [0, 0.05) is 6.07 Å². The van der Waals surface area contributed by atoms with E-state index in [1.807, 2.05) is 0 Å². The Morgan fingerprint density at radius 1 is 1.53 bits per heavy atom. The van der Waals surface area contributed by atoms with E-state index in [1.54, 1.807) is 6.92 Å². The fraction of sp³-hybridized carbons (Fsp3) is 0.231. The van der Waals surface area contributed by atoms with Crippen LogP contribution >= 0.6 is 0 Å². The minimum Gasteiger partial charge on any atom is -0.462 e. The van der Waals surface area contributed by atoms with Crippen molar-refractivity contribution < 1.29 is 19.2 Å². The molecule has 0 radical (unpaired) electrons. The Hall–Kier alpha value is -2.68. The average molecular weight is 261 g/mol. The number of hydrogen-bond acceptors (Lipinski definition) is 5. The second-order valence-corrected chi connectivity index (χ2v) is 3.38. The van der Waals surface area contributed by atoms with Crippen LogP contribution in [0.2, 0.25) is 0 Å². The first-order valence-electron chi connectivity index (χ1n) is 5.48. The summed E-state index contributed by atoms with van der Waals surface area (Å²) in [5.41, 5.74) is -0.0432. The highest BCUT2D eigenvalue weighted by Crippen LogP contribution is 2.20. The quantitative estimate of drug-likeness (QED) is 0.271. The number of nitrogens with zero attached hydrogens (tertiary/aromatic N) is 1. The maximum Gasteiger partial charge on any atom is 0.338 e. The Kier molecular flexibility index (Phi) is 5.23. The summed E-state index contributed by atoms with van der Waals surface area (Å²) in [6.45, 7) is 1.83. The Balaban J connectivity index is 3.16. The largest absolute Gasteiger partial charge is 0.462 e. The van der Waals surface area contributed by atoms with Crippen molar-refractivity contribution in [2.24, 2.45) is 0 Å². The number of nitro groups is 1. The van der Waals surface area contributed by atoms with Gasteiger partial charge in [-0.05, 0) is 19.1 Å². The van der Waals surface area contributed by atoms with Gasteiger partial charge in [0.05, 0.1) is 23.5 Å². The Morgan fingerprint density at radius 3 is 2.84 bits per heavy atom. The second-order valence-electron chi connectivity index (χ2n) is 3.38. The third-order valence-corrected chi connectivity index (χ3v) is 2.11. The van der Waals surface area contributed by atoms with Crippen LogP contribution in [-0.2, 0) is 9.53 Å². The van der Waals surface area contributed by atoms with Gasteiger partial charge in [0.15, 0.2) is 0 Å². The van der Waals surface area contributed by atoms with Crippen LogP contribution in [0.3, 0.4) is 0 Å². The molecular formula is C13H11NO5. The molecule has 0 saturated heterocycles. The van der Waals surface area contributed by atoms with Crippen molar-refractivity contribution in [1.82, 2.24) is 0 Å². The summed E-state index contributed by atoms with van der Waals surface area (Å²) in [6, 6.07) is 3.88. The van der Waals surface area contributed by atoms with E-state index < -0.39 is 10.9 Å². The lowest BCUT2D eigenvalue weighted by molar-refractivity contribution is -0.385. The molecule has 0 aliphatic carbocycles. The van der Waals surface area contributed by atoms with Gasteiger partial charge in [0.2, 0.25) is 0 Å². The minimum atomic E-state index is -0.631. The van der Waals surface area contributed by atoms with Gasteiger partial charge >= 0.3 is 5.97 Å². The van der Waals surface area contributed by atoms with E-state index in [0.29, 0.717) is 6.29 Å². The number of aldehydes is 1. The third kappa shape index (κ3) is 3.92. The summed E-state index contributed by atoms with van der Waals surface area (Å²) in [6.07, 6.45) is 0.600. The van der Waals surface area contributed by atoms with E-state index >= 15 is 0 Å². The number of hydrogen-bond donors (Lipinski definition) is 0. The smallest absolute Gasteiger partial charge is 0.338 e. The molecule has 0 heterocycles. The number of rotatable bonds is 4. The standard InChI is InChI=1S/C13H11NO5/c1-2-19-13(16)11-7-6-10(5-3-4-8-15)12(9-11)14(17)18/h6-9H,2,4H2,1H3. The first kappa shape index (κ1) is 14.4. The number of nitro benzene ring substituents is 1. The number of benzene rings is 1. The number of esters is 1. The summed E-state index contributed by atoms with van der Waals surface area (Å²) < 4.78 is 4.76. The molecule has 19 heavy (non-hydrogen) atoms. The Morgan fingerprint density at radius 2 is 2.26 bits per heavy atom. The molecule has 1 rings (SSSR count). The molecule has 6 nitrogen and oxygen atoms in total. The van der Waals surface area contributed by atoms with Crippen LogP contribution < -0.4 is 0 Å². The maximum absolute atomic E-state index is 11.5. The molecular weight excluding hydrogens is 250 g/mol. The lowest BCUT2D eigenvalue weighted by Gasteiger charge is -2.02. The van der Waals surface area contributed by atoms with Gasteiger partial charge in [-0.3, -0.25) is 10.1 Å². The summed E-state index contributed by atoms with van der Waals surface area (Å²) in [4.78, 5) is 31.9. The van der Waals surface area contributed by atoms with Crippen LogP contribution in [0.25, 0.3) is 0 Å². The molecule has 98 valence electrons. The lowest BCUT2D eigenvalue weighted by Crippen LogP contribution is -2.05. The minimum absolute atomic E-state index is 0.00319. The van der Waals surface area contributed by atoms with Crippen LogP contribution in [0.15, 0.2) is 18.2 Å². The van der Waals surface area contributed by atoms with Crippen LogP contribution in [0.5, 0.6) is 0 Å². The van der Waals surface area contributed by atoms with Crippen LogP contribution in [-0.4, -0.2) is 23.8 Å². The van der Waals surface area contributed by atoms with Crippen molar-refractivity contribution in [3.63, 3.8) is 0 Å². The fourth-order valence-electron chi connectivity index (χ4n) is 1.32. The molecule has 1 aromatic rings. The van der Waals surface area contributed by atoms with Crippen molar-refractivity contribution >= 4 is 17.9 Å². The fourth-order valence-corrected chi connectivity index (χ4v) is 1.32. The average Bonchev–Trinajstić information content (AvgIpc) is 2.39. The summed E-state index contributed by atoms with van der Waals surface area (Å²) in [7, 11) is 0. The van der Waals surface area contributed by atoms with E-state index in [1.165, 1.54) is 12.1 Å². The predicted molar refractivity (Wildman–Crippen MR) is 66.6 cm³/mol. The first-order chi connectivity index (χ1) is 9.10. The molecule has 0 aromatic heterocycles. The highest BCUT2D eigenvalue weighted by molar-refractivity contribution is 5.90. The normalized spacial score (nSPS) is 9.11. The molecule has 1 aromatic carbocycles. The van der Waals surface area contributed by atoms with Crippen LogP contribution in [0.1, 0.15) is 29.3 Å². The molecule has 0 fully saturated rings. The molecule has 0 aliphatic heterocycles. The van der Waals surface area contributed by atoms with E-state index in [2.05, 4.69) is 11.8 Å². The monoisotopic (exact) mass is 261 g/mol. The molecule has 0 spiro atoms. The maximum atomic E-state index is 11.5. The summed E-state index contributed by atoms with van der Waals surface area (Å²) >= 11 is 0. The highest BCUT2D eigenvalue weighted by atomic mass is 16.6. The first-order valence-corrected chi connectivity index (χ1v) is 5.48. The van der Waals surface area contributed by atoms with Gasteiger partial charge in [-0.25, -0.2) is 4.79 Å². The van der Waals surface area contributed by atoms with E-state index in [4.69, 9.17) is 4.74 Å². The van der Waals surface area contributed by atoms with Crippen LogP contribution in [0, 0.1) is 22.0 Å². The Bertz CT molecular complexity index is 568. The van der Waals surface area contributed by atoms with E-state index in [-0.39, 0.29) is 29.8 Å². The van der Waals surface area contributed by atoms with Gasteiger partial charge in [0.1, 0.15) is 11.8 Å². The molecule has 0 atom stereocenters. The van der Waals surface area contributed by atoms with Crippen molar-refractivity contribution in [1.29, 1.82) is 0 Å². The van der Waals surface area contributed by atoms with Gasteiger partial charge < -0.3 is 9.53 Å². The molecule has 0 saturated carbocycles. The number of carbonyl (C=O) groups is 2. The summed E-state index contributed by atoms with van der Waals surface area (Å²) in [5.74, 6) is 4.37. The highest BCUT2D eigenvalue weighted by Gasteiger charge is 2.16. The molecule has 0 amide bonds. The van der Waals surface area contributed by atoms with E-state index in [9.17, 15) is 19.7 Å². The van der Waals surface area contributed by atoms with E-state index in [0.717, 1.165) is 6.07 Å². The molecule has 0 N–H and O–H groups in total. The molecule has 0 unspecified atom stereocenters. The van der Waals surface area contributed by atoms with Crippen molar-refractivity contribution in [3.8, 4) is 11.8 Å². The third-order valence-electron chi connectivity index (χ3n) is 2.11. The Labute approximate surface area is 109 Å². The topological polar surface area (TPSA) is 86.5 Å². The van der Waals surface area contributed by atoms with Crippen molar-refractivity contribution in [3.05, 3.63) is 39.4 Å². The van der Waals surface area contributed by atoms with Gasteiger partial charge in [0.25, 0.3) is 5.69 Å². The zero-order valence-corrected chi connectivity index (χ0v) is 10.2. The SMILES string of the molecule is CCOC(=O)c1ccc(C#CCC=O)c([N+](=O)[O-])c1.